The number of nitrogens with two attached hydrogens (primary N) is 1. The van der Waals surface area contributed by atoms with Crippen LogP contribution in [0.25, 0.3) is 0 Å². The number of hydrogen-bond donors (Lipinski definition) is 2. The molecule has 0 aromatic carbocycles. The summed E-state index contributed by atoms with van der Waals surface area (Å²) in [5.41, 5.74) is 6.50. The molecule has 0 spiro atoms. The summed E-state index contributed by atoms with van der Waals surface area (Å²) in [7, 11) is 1.88. The number of aryl methyl sites for hydroxylation is 1. The van der Waals surface area contributed by atoms with E-state index in [0.717, 1.165) is 17.4 Å². The van der Waals surface area contributed by atoms with E-state index in [9.17, 15) is 0 Å². The maximum atomic E-state index is 5.76. The molecule has 2 unspecified atom stereocenters. The number of aromatic nitrogens is 2. The van der Waals surface area contributed by atoms with Gasteiger partial charge in [0.2, 0.25) is 0 Å². The van der Waals surface area contributed by atoms with Crippen LogP contribution in [0.4, 0.5) is 11.5 Å². The zero-order valence-corrected chi connectivity index (χ0v) is 8.12. The molecular weight excluding hydrogens is 164 g/mol. The molecule has 1 heterocycles. The Bertz CT molecular complexity index is 305. The van der Waals surface area contributed by atoms with Crippen LogP contribution in [0.2, 0.25) is 0 Å². The fourth-order valence-electron chi connectivity index (χ4n) is 1.67. The summed E-state index contributed by atoms with van der Waals surface area (Å²) in [6.45, 7) is 2.22. The van der Waals surface area contributed by atoms with Crippen LogP contribution in [0.15, 0.2) is 6.20 Å². The third-order valence-corrected chi connectivity index (χ3v) is 2.63. The number of hydrogen-bond acceptors (Lipinski definition) is 3. The topological polar surface area (TPSA) is 55.9 Å². The van der Waals surface area contributed by atoms with Crippen LogP contribution in [-0.2, 0) is 7.05 Å². The van der Waals surface area contributed by atoms with Crippen LogP contribution >= 0.6 is 0 Å². The van der Waals surface area contributed by atoms with Gasteiger partial charge < -0.3 is 11.1 Å². The Kier molecular flexibility index (Phi) is 1.90. The highest BCUT2D eigenvalue weighted by Crippen LogP contribution is 2.36. The van der Waals surface area contributed by atoms with E-state index in [-0.39, 0.29) is 0 Å². The van der Waals surface area contributed by atoms with Crippen molar-refractivity contribution in [1.82, 2.24) is 9.78 Å². The highest BCUT2D eigenvalue weighted by molar-refractivity contribution is 5.60. The van der Waals surface area contributed by atoms with Gasteiger partial charge in [-0.05, 0) is 12.3 Å². The molecule has 0 aliphatic heterocycles. The van der Waals surface area contributed by atoms with Gasteiger partial charge in [-0.25, -0.2) is 0 Å². The van der Waals surface area contributed by atoms with Crippen LogP contribution < -0.4 is 11.1 Å². The molecule has 0 saturated heterocycles. The quantitative estimate of drug-likeness (QED) is 0.735. The first-order valence-electron chi connectivity index (χ1n) is 4.76. The molecule has 0 amide bonds. The Morgan fingerprint density at radius 3 is 3.00 bits per heavy atom. The van der Waals surface area contributed by atoms with Crippen LogP contribution in [0, 0.1) is 5.92 Å². The molecule has 13 heavy (non-hydrogen) atoms. The Hall–Kier alpha value is -1.19. The van der Waals surface area contributed by atoms with Gasteiger partial charge in [-0.3, -0.25) is 4.68 Å². The fraction of sp³-hybridized carbons (Fsp3) is 0.667. The molecule has 1 aromatic rings. The van der Waals surface area contributed by atoms with Crippen LogP contribution in [0.3, 0.4) is 0 Å². The largest absolute Gasteiger partial charge is 0.394 e. The summed E-state index contributed by atoms with van der Waals surface area (Å²) in [4.78, 5) is 0. The molecule has 0 bridgehead atoms. The zero-order valence-electron chi connectivity index (χ0n) is 8.12. The predicted molar refractivity (Wildman–Crippen MR) is 53.4 cm³/mol. The monoisotopic (exact) mass is 180 g/mol. The molecular formula is C9H16N4. The van der Waals surface area contributed by atoms with Gasteiger partial charge in [0.05, 0.1) is 5.69 Å². The molecule has 1 aromatic heterocycles. The van der Waals surface area contributed by atoms with Crippen molar-refractivity contribution in [3.63, 3.8) is 0 Å². The average Bonchev–Trinajstić information content (AvgIpc) is 2.74. The maximum Gasteiger partial charge on any atom is 0.171 e. The molecule has 1 fully saturated rings. The molecule has 1 saturated carbocycles. The molecule has 3 N–H and O–H groups in total. The second-order valence-electron chi connectivity index (χ2n) is 3.76. The number of nitrogens with zero attached hydrogens (tertiary/aromatic N) is 2. The normalized spacial score (nSPS) is 26.0. The van der Waals surface area contributed by atoms with Gasteiger partial charge in [0.25, 0.3) is 0 Å². The standard InChI is InChI=1S/C9H16N4/c1-3-6-4-8(6)11-9-7(10)5-13(2)12-9/h5-6,8H,3-4,10H2,1-2H3,(H,11,12). The summed E-state index contributed by atoms with van der Waals surface area (Å²) in [5.74, 6) is 1.66. The van der Waals surface area contributed by atoms with Gasteiger partial charge in [-0.2, -0.15) is 5.10 Å². The van der Waals surface area contributed by atoms with E-state index in [1.54, 1.807) is 4.68 Å². The first-order chi connectivity index (χ1) is 6.20. The van der Waals surface area contributed by atoms with E-state index in [2.05, 4.69) is 17.3 Å². The third-order valence-electron chi connectivity index (χ3n) is 2.63. The van der Waals surface area contributed by atoms with E-state index in [4.69, 9.17) is 5.73 Å². The van der Waals surface area contributed by atoms with Gasteiger partial charge in [0.15, 0.2) is 5.82 Å². The van der Waals surface area contributed by atoms with Crippen molar-refractivity contribution in [1.29, 1.82) is 0 Å². The predicted octanol–water partition coefficient (Wildman–Crippen LogP) is 1.21. The van der Waals surface area contributed by atoms with E-state index in [1.807, 2.05) is 13.2 Å². The Morgan fingerprint density at radius 2 is 2.54 bits per heavy atom. The van der Waals surface area contributed by atoms with Crippen molar-refractivity contribution in [2.24, 2.45) is 13.0 Å². The van der Waals surface area contributed by atoms with Crippen molar-refractivity contribution >= 4 is 11.5 Å². The summed E-state index contributed by atoms with van der Waals surface area (Å²) in [5, 5.41) is 7.59. The lowest BCUT2D eigenvalue weighted by Crippen LogP contribution is -2.06. The highest BCUT2D eigenvalue weighted by Gasteiger charge is 2.35. The number of nitrogens with one attached hydrogen (secondary N) is 1. The highest BCUT2D eigenvalue weighted by atomic mass is 15.3. The van der Waals surface area contributed by atoms with Gasteiger partial charge in [-0.15, -0.1) is 0 Å². The maximum absolute atomic E-state index is 5.76. The Labute approximate surface area is 78.1 Å². The van der Waals surface area contributed by atoms with Crippen molar-refractivity contribution in [2.45, 2.75) is 25.8 Å². The first kappa shape index (κ1) is 8.41. The van der Waals surface area contributed by atoms with Gasteiger partial charge >= 0.3 is 0 Å². The van der Waals surface area contributed by atoms with Crippen molar-refractivity contribution in [2.75, 3.05) is 11.1 Å². The Morgan fingerprint density at radius 1 is 1.77 bits per heavy atom. The van der Waals surface area contributed by atoms with E-state index in [0.29, 0.717) is 6.04 Å². The minimum Gasteiger partial charge on any atom is -0.394 e. The first-order valence-corrected chi connectivity index (χ1v) is 4.76. The summed E-state index contributed by atoms with van der Waals surface area (Å²) in [6.07, 6.45) is 4.32. The number of nitrogen functional groups attached to an aromatic ring is 1. The van der Waals surface area contributed by atoms with Gasteiger partial charge in [-0.1, -0.05) is 13.3 Å². The molecule has 2 atom stereocenters. The van der Waals surface area contributed by atoms with E-state index in [1.165, 1.54) is 12.8 Å². The molecule has 2 rings (SSSR count). The van der Waals surface area contributed by atoms with Crippen LogP contribution in [-0.4, -0.2) is 15.8 Å². The lowest BCUT2D eigenvalue weighted by molar-refractivity contribution is 0.754. The molecule has 1 aliphatic carbocycles. The van der Waals surface area contributed by atoms with Gasteiger partial charge in [0, 0.05) is 19.3 Å². The number of anilines is 2. The molecule has 0 radical (unpaired) electrons. The zero-order chi connectivity index (χ0) is 9.42. The minimum absolute atomic E-state index is 0.599. The molecule has 72 valence electrons. The third kappa shape index (κ3) is 1.61. The van der Waals surface area contributed by atoms with E-state index >= 15 is 0 Å². The summed E-state index contributed by atoms with van der Waals surface area (Å²) in [6, 6.07) is 0.599. The van der Waals surface area contributed by atoms with Crippen LogP contribution in [0.5, 0.6) is 0 Å². The minimum atomic E-state index is 0.599. The molecule has 4 nitrogen and oxygen atoms in total. The van der Waals surface area contributed by atoms with Crippen molar-refractivity contribution in [3.8, 4) is 0 Å². The SMILES string of the molecule is CCC1CC1Nc1nn(C)cc1N. The number of rotatable bonds is 3. The smallest absolute Gasteiger partial charge is 0.171 e. The second-order valence-corrected chi connectivity index (χ2v) is 3.76. The second kappa shape index (κ2) is 2.94. The lowest BCUT2D eigenvalue weighted by Gasteiger charge is -2.01. The van der Waals surface area contributed by atoms with Crippen LogP contribution in [0.1, 0.15) is 19.8 Å². The van der Waals surface area contributed by atoms with Gasteiger partial charge in [0.1, 0.15) is 0 Å². The van der Waals surface area contributed by atoms with Crippen molar-refractivity contribution in [3.05, 3.63) is 6.20 Å². The Balaban J connectivity index is 1.99. The molecule has 4 heteroatoms. The average molecular weight is 180 g/mol. The summed E-state index contributed by atoms with van der Waals surface area (Å²) >= 11 is 0. The summed E-state index contributed by atoms with van der Waals surface area (Å²) < 4.78 is 1.74. The van der Waals surface area contributed by atoms with Crippen molar-refractivity contribution < 1.29 is 0 Å². The molecule has 1 aliphatic rings. The lowest BCUT2D eigenvalue weighted by atomic mass is 10.3. The van der Waals surface area contributed by atoms with E-state index < -0.39 is 0 Å². The fourth-order valence-corrected chi connectivity index (χ4v) is 1.67.